The minimum atomic E-state index is -0.202. The molecule has 1 aliphatic carbocycles. The second kappa shape index (κ2) is 3.30. The van der Waals surface area contributed by atoms with E-state index in [4.69, 9.17) is 0 Å². The zero-order valence-electron chi connectivity index (χ0n) is 7.59. The van der Waals surface area contributed by atoms with Crippen molar-refractivity contribution >= 4 is 5.82 Å². The fourth-order valence-corrected chi connectivity index (χ4v) is 1.56. The van der Waals surface area contributed by atoms with Gasteiger partial charge in [-0.05, 0) is 12.8 Å². The Balaban J connectivity index is 2.09. The lowest BCUT2D eigenvalue weighted by molar-refractivity contribution is 0.0665. The summed E-state index contributed by atoms with van der Waals surface area (Å²) in [5.41, 5.74) is 0. The average molecular weight is 179 g/mol. The van der Waals surface area contributed by atoms with Crippen LogP contribution < -0.4 is 4.90 Å². The number of likely N-dealkylation sites (N-methyl/N-ethyl adjacent to an activating group) is 1. The molecule has 13 heavy (non-hydrogen) atoms. The Bertz CT molecular complexity index is 277. The largest absolute Gasteiger partial charge is 0.391 e. The van der Waals surface area contributed by atoms with E-state index in [-0.39, 0.29) is 12.1 Å². The summed E-state index contributed by atoms with van der Waals surface area (Å²) >= 11 is 0. The van der Waals surface area contributed by atoms with E-state index in [1.54, 1.807) is 18.6 Å². The van der Waals surface area contributed by atoms with Crippen molar-refractivity contribution < 1.29 is 5.11 Å². The van der Waals surface area contributed by atoms with Crippen LogP contribution in [-0.2, 0) is 0 Å². The predicted molar refractivity (Wildman–Crippen MR) is 49.5 cm³/mol. The Morgan fingerprint density at radius 2 is 2.31 bits per heavy atom. The van der Waals surface area contributed by atoms with Gasteiger partial charge in [-0.25, -0.2) is 4.98 Å². The second-order valence-corrected chi connectivity index (χ2v) is 3.39. The molecule has 2 unspecified atom stereocenters. The first-order valence-electron chi connectivity index (χ1n) is 4.46. The molecule has 4 heteroatoms. The Labute approximate surface area is 77.2 Å². The molecule has 1 fully saturated rings. The van der Waals surface area contributed by atoms with E-state index in [2.05, 4.69) is 9.97 Å². The average Bonchev–Trinajstić information content (AvgIpc) is 2.17. The lowest BCUT2D eigenvalue weighted by Crippen LogP contribution is -2.49. The zero-order chi connectivity index (χ0) is 9.26. The maximum absolute atomic E-state index is 9.45. The van der Waals surface area contributed by atoms with E-state index in [1.807, 2.05) is 11.9 Å². The van der Waals surface area contributed by atoms with Crippen LogP contribution in [0.4, 0.5) is 5.82 Å². The Morgan fingerprint density at radius 1 is 1.46 bits per heavy atom. The molecular weight excluding hydrogens is 166 g/mol. The summed E-state index contributed by atoms with van der Waals surface area (Å²) in [7, 11) is 1.94. The quantitative estimate of drug-likeness (QED) is 0.715. The SMILES string of the molecule is CN(c1cnccn1)C1CCC1O. The Hall–Kier alpha value is -1.16. The maximum Gasteiger partial charge on any atom is 0.147 e. The fourth-order valence-electron chi connectivity index (χ4n) is 1.56. The summed E-state index contributed by atoms with van der Waals surface area (Å²) in [6.07, 6.45) is 6.76. The highest BCUT2D eigenvalue weighted by molar-refractivity contribution is 5.36. The first kappa shape index (κ1) is 8.44. The molecule has 1 aromatic heterocycles. The van der Waals surface area contributed by atoms with Crippen LogP contribution in [0, 0.1) is 0 Å². The molecule has 0 saturated heterocycles. The molecule has 0 aliphatic heterocycles. The third-order valence-corrected chi connectivity index (χ3v) is 2.61. The van der Waals surface area contributed by atoms with Gasteiger partial charge in [-0.3, -0.25) is 4.98 Å². The van der Waals surface area contributed by atoms with Gasteiger partial charge in [0.1, 0.15) is 5.82 Å². The summed E-state index contributed by atoms with van der Waals surface area (Å²) in [5.74, 6) is 0.825. The molecule has 0 spiro atoms. The third-order valence-electron chi connectivity index (χ3n) is 2.61. The van der Waals surface area contributed by atoms with Crippen LogP contribution in [0.15, 0.2) is 18.6 Å². The van der Waals surface area contributed by atoms with Crippen molar-refractivity contribution in [3.8, 4) is 0 Å². The zero-order valence-corrected chi connectivity index (χ0v) is 7.59. The van der Waals surface area contributed by atoms with Crippen LogP contribution in [0.1, 0.15) is 12.8 Å². The topological polar surface area (TPSA) is 49.2 Å². The van der Waals surface area contributed by atoms with Gasteiger partial charge in [-0.15, -0.1) is 0 Å². The van der Waals surface area contributed by atoms with Crippen LogP contribution in [-0.4, -0.2) is 34.3 Å². The summed E-state index contributed by atoms with van der Waals surface area (Å²) in [5, 5.41) is 9.45. The number of hydrogen-bond acceptors (Lipinski definition) is 4. The van der Waals surface area contributed by atoms with Crippen molar-refractivity contribution in [3.63, 3.8) is 0 Å². The lowest BCUT2D eigenvalue weighted by Gasteiger charge is -2.39. The summed E-state index contributed by atoms with van der Waals surface area (Å²) in [4.78, 5) is 10.1. The number of aliphatic hydroxyl groups excluding tert-OH is 1. The van der Waals surface area contributed by atoms with Gasteiger partial charge in [0.05, 0.1) is 18.3 Å². The van der Waals surface area contributed by atoms with Crippen molar-refractivity contribution in [1.82, 2.24) is 9.97 Å². The lowest BCUT2D eigenvalue weighted by atomic mass is 9.88. The van der Waals surface area contributed by atoms with E-state index < -0.39 is 0 Å². The van der Waals surface area contributed by atoms with Gasteiger partial charge in [-0.2, -0.15) is 0 Å². The molecule has 0 radical (unpaired) electrons. The molecule has 1 aromatic rings. The molecule has 0 bridgehead atoms. The molecule has 1 N–H and O–H groups in total. The molecule has 2 atom stereocenters. The van der Waals surface area contributed by atoms with Gasteiger partial charge in [0.2, 0.25) is 0 Å². The molecule has 1 heterocycles. The molecular formula is C9H13N3O. The third kappa shape index (κ3) is 1.49. The van der Waals surface area contributed by atoms with Crippen LogP contribution in [0.2, 0.25) is 0 Å². The highest BCUT2D eigenvalue weighted by Gasteiger charge is 2.32. The first-order chi connectivity index (χ1) is 6.29. The van der Waals surface area contributed by atoms with Crippen molar-refractivity contribution in [2.24, 2.45) is 0 Å². The Kier molecular flexibility index (Phi) is 2.14. The van der Waals surface area contributed by atoms with Gasteiger partial charge < -0.3 is 10.0 Å². The normalized spacial score (nSPS) is 26.6. The number of rotatable bonds is 2. The highest BCUT2D eigenvalue weighted by atomic mass is 16.3. The smallest absolute Gasteiger partial charge is 0.147 e. The summed E-state index contributed by atoms with van der Waals surface area (Å²) in [6, 6.07) is 0.219. The van der Waals surface area contributed by atoms with Gasteiger partial charge >= 0.3 is 0 Å². The molecule has 2 rings (SSSR count). The van der Waals surface area contributed by atoms with E-state index in [9.17, 15) is 5.11 Å². The molecule has 0 amide bonds. The number of anilines is 1. The van der Waals surface area contributed by atoms with E-state index in [1.165, 1.54) is 0 Å². The van der Waals surface area contributed by atoms with Gasteiger partial charge in [-0.1, -0.05) is 0 Å². The Morgan fingerprint density at radius 3 is 2.77 bits per heavy atom. The number of aliphatic hydroxyl groups is 1. The number of nitrogens with zero attached hydrogens (tertiary/aromatic N) is 3. The van der Waals surface area contributed by atoms with Gasteiger partial charge in [0, 0.05) is 19.4 Å². The van der Waals surface area contributed by atoms with Gasteiger partial charge in [0.15, 0.2) is 0 Å². The van der Waals surface area contributed by atoms with E-state index in [0.717, 1.165) is 18.7 Å². The van der Waals surface area contributed by atoms with Crippen LogP contribution in [0.3, 0.4) is 0 Å². The minimum absolute atomic E-state index is 0.202. The maximum atomic E-state index is 9.45. The standard InChI is InChI=1S/C9H13N3O/c1-12(7-2-3-8(7)13)9-6-10-4-5-11-9/h4-8,13H,2-3H2,1H3. The van der Waals surface area contributed by atoms with E-state index >= 15 is 0 Å². The molecule has 1 saturated carbocycles. The predicted octanol–water partition coefficient (Wildman–Crippen LogP) is 0.436. The van der Waals surface area contributed by atoms with Gasteiger partial charge in [0.25, 0.3) is 0 Å². The van der Waals surface area contributed by atoms with Crippen molar-refractivity contribution in [1.29, 1.82) is 0 Å². The molecule has 1 aliphatic rings. The van der Waals surface area contributed by atoms with Crippen molar-refractivity contribution in [2.45, 2.75) is 25.0 Å². The summed E-state index contributed by atoms with van der Waals surface area (Å²) < 4.78 is 0. The fraction of sp³-hybridized carbons (Fsp3) is 0.556. The monoisotopic (exact) mass is 179 g/mol. The minimum Gasteiger partial charge on any atom is -0.391 e. The number of hydrogen-bond donors (Lipinski definition) is 1. The van der Waals surface area contributed by atoms with Crippen molar-refractivity contribution in [3.05, 3.63) is 18.6 Å². The van der Waals surface area contributed by atoms with Crippen molar-refractivity contribution in [2.75, 3.05) is 11.9 Å². The van der Waals surface area contributed by atoms with E-state index in [0.29, 0.717) is 0 Å². The van der Waals surface area contributed by atoms with Crippen LogP contribution in [0.25, 0.3) is 0 Å². The van der Waals surface area contributed by atoms with Crippen LogP contribution in [0.5, 0.6) is 0 Å². The first-order valence-corrected chi connectivity index (χ1v) is 4.46. The highest BCUT2D eigenvalue weighted by Crippen LogP contribution is 2.26. The number of aromatic nitrogens is 2. The molecule has 0 aromatic carbocycles. The molecule has 70 valence electrons. The van der Waals surface area contributed by atoms with Crippen LogP contribution >= 0.6 is 0 Å². The molecule has 4 nitrogen and oxygen atoms in total. The summed E-state index contributed by atoms with van der Waals surface area (Å²) in [6.45, 7) is 0. The second-order valence-electron chi connectivity index (χ2n) is 3.39.